The Kier molecular flexibility index (Phi) is 4.81. The molecule has 92 valence electrons. The van der Waals surface area contributed by atoms with Gasteiger partial charge in [0, 0.05) is 27.6 Å². The highest BCUT2D eigenvalue weighted by molar-refractivity contribution is 14.1. The van der Waals surface area contributed by atoms with E-state index in [2.05, 4.69) is 38.5 Å². The summed E-state index contributed by atoms with van der Waals surface area (Å²) < 4.78 is 6.66. The number of hydrogen-bond donors (Lipinski definition) is 0. The van der Waals surface area contributed by atoms with Gasteiger partial charge in [-0.3, -0.25) is 4.79 Å². The van der Waals surface area contributed by atoms with Crippen molar-refractivity contribution in [3.63, 3.8) is 0 Å². The van der Waals surface area contributed by atoms with Gasteiger partial charge in [-0.05, 0) is 46.9 Å². The molecule has 1 atom stereocenters. The summed E-state index contributed by atoms with van der Waals surface area (Å²) in [5.74, 6) is 0.0932. The third-order valence-corrected chi connectivity index (χ3v) is 4.13. The summed E-state index contributed by atoms with van der Waals surface area (Å²) in [6.45, 7) is 1.96. The van der Waals surface area contributed by atoms with Crippen LogP contribution >= 0.6 is 38.5 Å². The maximum absolute atomic E-state index is 12.2. The smallest absolute Gasteiger partial charge is 0.254 e. The number of carbonyl (C=O) groups is 1. The highest BCUT2D eigenvalue weighted by Crippen LogP contribution is 2.13. The minimum Gasteiger partial charge on any atom is -0.374 e. The van der Waals surface area contributed by atoms with Crippen molar-refractivity contribution in [3.8, 4) is 0 Å². The molecule has 1 aliphatic rings. The molecule has 0 spiro atoms. The Balaban J connectivity index is 2.06. The van der Waals surface area contributed by atoms with E-state index in [0.29, 0.717) is 19.7 Å². The Morgan fingerprint density at radius 1 is 1.47 bits per heavy atom. The molecule has 2 rings (SSSR count). The van der Waals surface area contributed by atoms with Crippen LogP contribution in [-0.2, 0) is 4.74 Å². The van der Waals surface area contributed by atoms with Gasteiger partial charge in [0.05, 0.1) is 12.7 Å². The van der Waals surface area contributed by atoms with Crippen LogP contribution < -0.4 is 0 Å². The lowest BCUT2D eigenvalue weighted by molar-refractivity contribution is -0.00965. The fraction of sp³-hybridized carbons (Fsp3) is 0.417. The number of alkyl halides is 1. The number of morpholine rings is 1. The number of halogens is 2. The standard InChI is InChI=1S/C12H13BrINO2/c13-7-11-8-15(5-6-17-11)12(16)9-1-3-10(14)4-2-9/h1-4,11H,5-8H2. The molecule has 1 aromatic rings. The van der Waals surface area contributed by atoms with E-state index in [1.54, 1.807) is 0 Å². The van der Waals surface area contributed by atoms with E-state index in [1.165, 1.54) is 0 Å². The average Bonchev–Trinajstić information content (AvgIpc) is 2.39. The molecule has 0 N–H and O–H groups in total. The summed E-state index contributed by atoms with van der Waals surface area (Å²) in [6.07, 6.45) is 0.108. The summed E-state index contributed by atoms with van der Waals surface area (Å²) in [6, 6.07) is 7.66. The van der Waals surface area contributed by atoms with Gasteiger partial charge in [0.15, 0.2) is 0 Å². The minimum absolute atomic E-state index is 0.0932. The maximum atomic E-state index is 12.2. The molecular formula is C12H13BrINO2. The van der Waals surface area contributed by atoms with E-state index < -0.39 is 0 Å². The average molecular weight is 410 g/mol. The van der Waals surface area contributed by atoms with Crippen LogP contribution in [0.5, 0.6) is 0 Å². The van der Waals surface area contributed by atoms with E-state index in [1.807, 2.05) is 29.2 Å². The first-order valence-electron chi connectivity index (χ1n) is 5.43. The lowest BCUT2D eigenvalue weighted by atomic mass is 10.2. The van der Waals surface area contributed by atoms with Gasteiger partial charge < -0.3 is 9.64 Å². The third kappa shape index (κ3) is 3.42. The number of rotatable bonds is 2. The number of carbonyl (C=O) groups excluding carboxylic acids is 1. The number of ether oxygens (including phenoxy) is 1. The van der Waals surface area contributed by atoms with Crippen LogP contribution in [0.25, 0.3) is 0 Å². The molecule has 0 aliphatic carbocycles. The Morgan fingerprint density at radius 3 is 2.82 bits per heavy atom. The van der Waals surface area contributed by atoms with Crippen LogP contribution in [0.2, 0.25) is 0 Å². The highest BCUT2D eigenvalue weighted by atomic mass is 127. The largest absolute Gasteiger partial charge is 0.374 e. The second kappa shape index (κ2) is 6.15. The van der Waals surface area contributed by atoms with Crippen molar-refractivity contribution in [1.29, 1.82) is 0 Å². The van der Waals surface area contributed by atoms with Gasteiger partial charge in [-0.15, -0.1) is 0 Å². The van der Waals surface area contributed by atoms with Gasteiger partial charge in [0.2, 0.25) is 0 Å². The Bertz CT molecular complexity index is 396. The predicted octanol–water partition coefficient (Wildman–Crippen LogP) is 2.53. The second-order valence-corrected chi connectivity index (χ2v) is 5.80. The zero-order chi connectivity index (χ0) is 12.3. The normalized spacial score (nSPS) is 20.4. The van der Waals surface area contributed by atoms with Crippen molar-refractivity contribution in [2.24, 2.45) is 0 Å². The summed E-state index contributed by atoms with van der Waals surface area (Å²) in [5.41, 5.74) is 0.751. The Morgan fingerprint density at radius 2 is 2.18 bits per heavy atom. The first-order valence-corrected chi connectivity index (χ1v) is 7.63. The molecule has 1 saturated heterocycles. The van der Waals surface area contributed by atoms with Gasteiger partial charge in [0.1, 0.15) is 0 Å². The summed E-state index contributed by atoms with van der Waals surface area (Å²) in [5, 5.41) is 0.767. The molecule has 17 heavy (non-hydrogen) atoms. The molecule has 5 heteroatoms. The maximum Gasteiger partial charge on any atom is 0.254 e. The van der Waals surface area contributed by atoms with E-state index in [0.717, 1.165) is 14.5 Å². The van der Waals surface area contributed by atoms with Crippen molar-refractivity contribution in [2.45, 2.75) is 6.10 Å². The SMILES string of the molecule is O=C(c1ccc(I)cc1)N1CCOC(CBr)C1. The molecule has 1 unspecified atom stereocenters. The molecule has 1 aromatic carbocycles. The molecule has 1 heterocycles. The fourth-order valence-electron chi connectivity index (χ4n) is 1.77. The molecule has 0 saturated carbocycles. The van der Waals surface area contributed by atoms with Crippen LogP contribution in [0.15, 0.2) is 24.3 Å². The zero-order valence-electron chi connectivity index (χ0n) is 9.23. The highest BCUT2D eigenvalue weighted by Gasteiger charge is 2.24. The van der Waals surface area contributed by atoms with Crippen molar-refractivity contribution in [1.82, 2.24) is 4.90 Å². The number of hydrogen-bond acceptors (Lipinski definition) is 2. The topological polar surface area (TPSA) is 29.5 Å². The van der Waals surface area contributed by atoms with Crippen molar-refractivity contribution in [2.75, 3.05) is 25.0 Å². The lowest BCUT2D eigenvalue weighted by Crippen LogP contribution is -2.46. The Labute approximate surface area is 123 Å². The molecule has 3 nitrogen and oxygen atoms in total. The minimum atomic E-state index is 0.0932. The molecule has 0 aromatic heterocycles. The van der Waals surface area contributed by atoms with Crippen LogP contribution in [0.3, 0.4) is 0 Å². The van der Waals surface area contributed by atoms with Gasteiger partial charge in [-0.1, -0.05) is 15.9 Å². The fourth-order valence-corrected chi connectivity index (χ4v) is 2.52. The van der Waals surface area contributed by atoms with Gasteiger partial charge in [-0.25, -0.2) is 0 Å². The number of nitrogens with zero attached hydrogens (tertiary/aromatic N) is 1. The van der Waals surface area contributed by atoms with Gasteiger partial charge in [0.25, 0.3) is 5.91 Å². The van der Waals surface area contributed by atoms with E-state index >= 15 is 0 Å². The van der Waals surface area contributed by atoms with Crippen molar-refractivity contribution in [3.05, 3.63) is 33.4 Å². The first kappa shape index (κ1) is 13.3. The molecule has 1 aliphatic heterocycles. The zero-order valence-corrected chi connectivity index (χ0v) is 13.0. The van der Waals surface area contributed by atoms with E-state index in [4.69, 9.17) is 4.74 Å². The van der Waals surface area contributed by atoms with Crippen molar-refractivity contribution < 1.29 is 9.53 Å². The molecular weight excluding hydrogens is 397 g/mol. The summed E-state index contributed by atoms with van der Waals surface area (Å²) in [7, 11) is 0. The van der Waals surface area contributed by atoms with Crippen LogP contribution in [-0.4, -0.2) is 41.9 Å². The number of amides is 1. The lowest BCUT2D eigenvalue weighted by Gasteiger charge is -2.32. The van der Waals surface area contributed by atoms with Crippen LogP contribution in [0.4, 0.5) is 0 Å². The predicted molar refractivity (Wildman–Crippen MR) is 78.6 cm³/mol. The van der Waals surface area contributed by atoms with E-state index in [-0.39, 0.29) is 12.0 Å². The summed E-state index contributed by atoms with van der Waals surface area (Å²) in [4.78, 5) is 14.1. The van der Waals surface area contributed by atoms with E-state index in [9.17, 15) is 4.79 Å². The molecule has 0 bridgehead atoms. The van der Waals surface area contributed by atoms with Crippen LogP contribution in [0.1, 0.15) is 10.4 Å². The molecule has 0 radical (unpaired) electrons. The quantitative estimate of drug-likeness (QED) is 0.554. The summed E-state index contributed by atoms with van der Waals surface area (Å²) >= 11 is 5.62. The number of benzene rings is 1. The Hall–Kier alpha value is -0.140. The first-order chi connectivity index (χ1) is 8.20. The molecule has 1 fully saturated rings. The van der Waals surface area contributed by atoms with Crippen molar-refractivity contribution >= 4 is 44.4 Å². The van der Waals surface area contributed by atoms with Gasteiger partial charge in [-0.2, -0.15) is 0 Å². The monoisotopic (exact) mass is 409 g/mol. The third-order valence-electron chi connectivity index (χ3n) is 2.69. The molecule has 1 amide bonds. The second-order valence-electron chi connectivity index (χ2n) is 3.91. The van der Waals surface area contributed by atoms with Crippen LogP contribution in [0, 0.1) is 3.57 Å². The van der Waals surface area contributed by atoms with Gasteiger partial charge >= 0.3 is 0 Å².